The molecule has 3 aromatic rings. The summed E-state index contributed by atoms with van der Waals surface area (Å²) >= 11 is 1.33. The van der Waals surface area contributed by atoms with Crippen molar-refractivity contribution in [1.82, 2.24) is 9.97 Å². The van der Waals surface area contributed by atoms with E-state index in [0.29, 0.717) is 22.3 Å². The predicted molar refractivity (Wildman–Crippen MR) is 107 cm³/mol. The molecule has 0 fully saturated rings. The van der Waals surface area contributed by atoms with Crippen LogP contribution in [0.3, 0.4) is 0 Å². The van der Waals surface area contributed by atoms with Gasteiger partial charge in [0.1, 0.15) is 11.8 Å². The van der Waals surface area contributed by atoms with E-state index in [1.165, 1.54) is 24.5 Å². The molecule has 7 nitrogen and oxygen atoms in total. The van der Waals surface area contributed by atoms with Crippen molar-refractivity contribution in [3.05, 3.63) is 59.6 Å². The molecule has 3 rings (SSSR count). The normalized spacial score (nSPS) is 10.4. The minimum atomic E-state index is -0.300. The van der Waals surface area contributed by atoms with Crippen LogP contribution in [-0.2, 0) is 4.79 Å². The number of ether oxygens (including phenoxy) is 2. The molecule has 8 heteroatoms. The van der Waals surface area contributed by atoms with E-state index in [4.69, 9.17) is 14.7 Å². The molecule has 0 bridgehead atoms. The fourth-order valence-electron chi connectivity index (χ4n) is 2.30. The number of rotatable bonds is 7. The molecular weight excluding hydrogens is 376 g/mol. The Kier molecular flexibility index (Phi) is 6.33. The Hall–Kier alpha value is -3.70. The zero-order valence-electron chi connectivity index (χ0n) is 15.0. The molecule has 0 radical (unpaired) electrons. The third-order valence-corrected chi connectivity index (χ3v) is 4.33. The summed E-state index contributed by atoms with van der Waals surface area (Å²) in [7, 11) is 1.51. The van der Waals surface area contributed by atoms with Crippen LogP contribution < -0.4 is 14.8 Å². The van der Waals surface area contributed by atoms with E-state index in [0.717, 1.165) is 11.3 Å². The number of hydrogen-bond donors (Lipinski definition) is 1. The summed E-state index contributed by atoms with van der Waals surface area (Å²) < 4.78 is 10.5. The van der Waals surface area contributed by atoms with Crippen LogP contribution in [0.15, 0.2) is 54.1 Å². The smallest absolute Gasteiger partial charge is 0.250 e. The zero-order chi connectivity index (χ0) is 19.8. The van der Waals surface area contributed by atoms with Crippen molar-refractivity contribution >= 4 is 28.5 Å². The third kappa shape index (κ3) is 4.93. The van der Waals surface area contributed by atoms with Gasteiger partial charge in [-0.1, -0.05) is 12.1 Å². The number of pyridine rings is 1. The van der Waals surface area contributed by atoms with Crippen LogP contribution in [0.4, 0.5) is 5.13 Å². The summed E-state index contributed by atoms with van der Waals surface area (Å²) in [4.78, 5) is 20.8. The van der Waals surface area contributed by atoms with Crippen LogP contribution in [0.1, 0.15) is 5.56 Å². The summed E-state index contributed by atoms with van der Waals surface area (Å²) in [5.41, 5.74) is 2.22. The van der Waals surface area contributed by atoms with Gasteiger partial charge in [-0.3, -0.25) is 15.1 Å². The molecule has 28 heavy (non-hydrogen) atoms. The molecule has 0 unspecified atom stereocenters. The lowest BCUT2D eigenvalue weighted by Gasteiger charge is -2.08. The van der Waals surface area contributed by atoms with Crippen molar-refractivity contribution in [2.24, 2.45) is 0 Å². The van der Waals surface area contributed by atoms with Gasteiger partial charge in [0.25, 0.3) is 0 Å². The molecular formula is C20H16N4O3S. The molecule has 0 atom stereocenters. The monoisotopic (exact) mass is 392 g/mol. The number of nitriles is 1. The molecule has 0 spiro atoms. The van der Waals surface area contributed by atoms with Gasteiger partial charge in [-0.2, -0.15) is 5.26 Å². The fraction of sp³-hybridized carbons (Fsp3) is 0.100. The van der Waals surface area contributed by atoms with Crippen LogP contribution in [0.2, 0.25) is 0 Å². The molecule has 2 aromatic heterocycles. The maximum absolute atomic E-state index is 12.2. The second-order valence-corrected chi connectivity index (χ2v) is 6.29. The van der Waals surface area contributed by atoms with E-state index in [1.54, 1.807) is 30.5 Å². The Morgan fingerprint density at radius 3 is 2.93 bits per heavy atom. The zero-order valence-corrected chi connectivity index (χ0v) is 15.8. The Balaban J connectivity index is 1.64. The first-order valence-electron chi connectivity index (χ1n) is 8.23. The highest BCUT2D eigenvalue weighted by Crippen LogP contribution is 2.28. The summed E-state index contributed by atoms with van der Waals surface area (Å²) in [5.74, 6) is 0.652. The standard InChI is InChI=1S/C20H16N4O3S/c1-26-18-12-14(5-7-17(18)27-11-9-21)6-8-19(25)24-20-23-16(13-28-20)15-4-2-3-10-22-15/h2-8,10,12-13H,11H2,1H3,(H,23,24,25)/b8-6+. The third-order valence-electron chi connectivity index (χ3n) is 3.57. The molecule has 140 valence electrons. The Labute approximate surface area is 165 Å². The number of aromatic nitrogens is 2. The first kappa shape index (κ1) is 19.1. The summed E-state index contributed by atoms with van der Waals surface area (Å²) in [6.07, 6.45) is 4.76. The number of anilines is 1. The van der Waals surface area contributed by atoms with Crippen LogP contribution in [0.25, 0.3) is 17.5 Å². The average Bonchev–Trinajstić information content (AvgIpc) is 3.20. The highest BCUT2D eigenvalue weighted by atomic mass is 32.1. The topological polar surface area (TPSA) is 97.1 Å². The highest BCUT2D eigenvalue weighted by Gasteiger charge is 2.08. The van der Waals surface area contributed by atoms with E-state index in [1.807, 2.05) is 29.6 Å². The number of hydrogen-bond acceptors (Lipinski definition) is 7. The molecule has 0 saturated carbocycles. The molecule has 1 amide bonds. The molecule has 0 aliphatic rings. The number of carbonyl (C=O) groups is 1. The predicted octanol–water partition coefficient (Wildman–Crippen LogP) is 3.77. The van der Waals surface area contributed by atoms with Gasteiger partial charge in [-0.15, -0.1) is 11.3 Å². The van der Waals surface area contributed by atoms with Crippen LogP contribution in [0.5, 0.6) is 11.5 Å². The van der Waals surface area contributed by atoms with Crippen molar-refractivity contribution in [2.75, 3.05) is 19.0 Å². The number of thiazole rings is 1. The Morgan fingerprint density at radius 2 is 2.18 bits per heavy atom. The molecule has 0 aliphatic heterocycles. The average molecular weight is 392 g/mol. The maximum atomic E-state index is 12.2. The van der Waals surface area contributed by atoms with Gasteiger partial charge >= 0.3 is 0 Å². The van der Waals surface area contributed by atoms with Gasteiger partial charge in [-0.05, 0) is 35.9 Å². The van der Waals surface area contributed by atoms with E-state index >= 15 is 0 Å². The van der Waals surface area contributed by atoms with Crippen molar-refractivity contribution in [2.45, 2.75) is 0 Å². The van der Waals surface area contributed by atoms with E-state index in [9.17, 15) is 4.79 Å². The minimum absolute atomic E-state index is 0.0672. The van der Waals surface area contributed by atoms with Gasteiger partial charge in [0.15, 0.2) is 23.2 Å². The number of nitrogens with one attached hydrogen (secondary N) is 1. The molecule has 2 heterocycles. The van der Waals surface area contributed by atoms with Crippen LogP contribution in [0, 0.1) is 11.3 Å². The summed E-state index contributed by atoms with van der Waals surface area (Å²) in [5, 5.41) is 13.7. The number of carbonyl (C=O) groups excluding carboxylic acids is 1. The Morgan fingerprint density at radius 1 is 1.29 bits per heavy atom. The molecule has 1 aromatic carbocycles. The van der Waals surface area contributed by atoms with Gasteiger partial charge in [-0.25, -0.2) is 4.98 Å². The fourth-order valence-corrected chi connectivity index (χ4v) is 3.01. The second kappa shape index (κ2) is 9.30. The highest BCUT2D eigenvalue weighted by molar-refractivity contribution is 7.14. The largest absolute Gasteiger partial charge is 0.493 e. The van der Waals surface area contributed by atoms with Gasteiger partial charge < -0.3 is 9.47 Å². The lowest BCUT2D eigenvalue weighted by molar-refractivity contribution is -0.111. The number of nitrogens with zero attached hydrogens (tertiary/aromatic N) is 3. The number of amides is 1. The molecule has 0 saturated heterocycles. The molecule has 1 N–H and O–H groups in total. The van der Waals surface area contributed by atoms with Gasteiger partial charge in [0, 0.05) is 17.7 Å². The summed E-state index contributed by atoms with van der Waals surface area (Å²) in [6.45, 7) is -0.0672. The van der Waals surface area contributed by atoms with Gasteiger partial charge in [0.05, 0.1) is 12.8 Å². The van der Waals surface area contributed by atoms with Crippen LogP contribution >= 0.6 is 11.3 Å². The van der Waals surface area contributed by atoms with Crippen molar-refractivity contribution < 1.29 is 14.3 Å². The number of benzene rings is 1. The SMILES string of the molecule is COc1cc(/C=C/C(=O)Nc2nc(-c3ccccn3)cs2)ccc1OCC#N. The lowest BCUT2D eigenvalue weighted by atomic mass is 10.2. The van der Waals surface area contributed by atoms with Gasteiger partial charge in [0.2, 0.25) is 5.91 Å². The number of methoxy groups -OCH3 is 1. The van der Waals surface area contributed by atoms with E-state index in [2.05, 4.69) is 15.3 Å². The van der Waals surface area contributed by atoms with E-state index in [-0.39, 0.29) is 12.5 Å². The van der Waals surface area contributed by atoms with Crippen molar-refractivity contribution in [3.63, 3.8) is 0 Å². The Bertz CT molecular complexity index is 1030. The maximum Gasteiger partial charge on any atom is 0.250 e. The molecule has 0 aliphatic carbocycles. The minimum Gasteiger partial charge on any atom is -0.493 e. The van der Waals surface area contributed by atoms with Crippen molar-refractivity contribution in [3.8, 4) is 29.0 Å². The quantitative estimate of drug-likeness (QED) is 0.615. The first-order valence-corrected chi connectivity index (χ1v) is 9.11. The van der Waals surface area contributed by atoms with E-state index < -0.39 is 0 Å². The second-order valence-electron chi connectivity index (χ2n) is 5.43. The van der Waals surface area contributed by atoms with Crippen molar-refractivity contribution in [1.29, 1.82) is 5.26 Å². The summed E-state index contributed by atoms with van der Waals surface area (Å²) in [6, 6.07) is 12.7. The first-order chi connectivity index (χ1) is 13.7. The van der Waals surface area contributed by atoms with Crippen LogP contribution in [-0.4, -0.2) is 29.6 Å². The lowest BCUT2D eigenvalue weighted by Crippen LogP contribution is -2.07.